The molecule has 0 aliphatic heterocycles. The largest absolute Gasteiger partial charge is 0.440 e. The molecular formula is C23H14ClN3O4S. The number of fused-ring (bicyclic) bond motifs is 2. The maximum atomic E-state index is 12.9. The molecule has 7 nitrogen and oxygen atoms in total. The molecule has 0 atom stereocenters. The van der Waals surface area contributed by atoms with Gasteiger partial charge in [0.05, 0.1) is 9.95 Å². The van der Waals surface area contributed by atoms with Crippen LogP contribution in [0.15, 0.2) is 71.1 Å². The van der Waals surface area contributed by atoms with E-state index in [2.05, 4.69) is 10.3 Å². The highest BCUT2D eigenvalue weighted by Crippen LogP contribution is 2.40. The minimum Gasteiger partial charge on any atom is -0.440 e. The number of aromatic nitrogens is 1. The minimum atomic E-state index is -0.484. The maximum Gasteiger partial charge on any atom is 0.287 e. The highest BCUT2D eigenvalue weighted by Gasteiger charge is 2.23. The molecule has 158 valence electrons. The van der Waals surface area contributed by atoms with Gasteiger partial charge < -0.3 is 9.73 Å². The third-order valence-corrected chi connectivity index (χ3v) is 6.66. The average molecular weight is 464 g/mol. The highest BCUT2D eigenvalue weighted by molar-refractivity contribution is 7.22. The summed E-state index contributed by atoms with van der Waals surface area (Å²) in [6, 6.07) is 19.6. The summed E-state index contributed by atoms with van der Waals surface area (Å²) < 4.78 is 6.17. The lowest BCUT2D eigenvalue weighted by Gasteiger charge is -2.03. The Hall–Kier alpha value is -3.75. The summed E-state index contributed by atoms with van der Waals surface area (Å²) in [5, 5.41) is 14.8. The number of hydrogen-bond acceptors (Lipinski definition) is 6. The van der Waals surface area contributed by atoms with Gasteiger partial charge in [-0.1, -0.05) is 54.1 Å². The van der Waals surface area contributed by atoms with Crippen LogP contribution < -0.4 is 5.32 Å². The summed E-state index contributed by atoms with van der Waals surface area (Å²) in [5.74, 6) is 0.132. The number of benzene rings is 3. The number of nitrogens with one attached hydrogen (secondary N) is 1. The van der Waals surface area contributed by atoms with E-state index in [0.29, 0.717) is 39.2 Å². The van der Waals surface area contributed by atoms with Crippen LogP contribution in [-0.4, -0.2) is 15.8 Å². The summed E-state index contributed by atoms with van der Waals surface area (Å²) in [5.41, 5.74) is 2.76. The van der Waals surface area contributed by atoms with Crippen molar-refractivity contribution < 1.29 is 14.1 Å². The van der Waals surface area contributed by atoms with Crippen molar-refractivity contribution in [1.82, 2.24) is 4.98 Å². The maximum absolute atomic E-state index is 12.9. The van der Waals surface area contributed by atoms with Crippen LogP contribution in [0.4, 0.5) is 11.4 Å². The van der Waals surface area contributed by atoms with Gasteiger partial charge in [-0.2, -0.15) is 0 Å². The van der Waals surface area contributed by atoms with E-state index in [-0.39, 0.29) is 15.6 Å². The number of halogens is 1. The first-order valence-electron chi connectivity index (χ1n) is 9.60. The third kappa shape index (κ3) is 3.70. The van der Waals surface area contributed by atoms with Crippen molar-refractivity contribution in [3.05, 3.63) is 98.2 Å². The number of rotatable bonds is 5. The topological polar surface area (TPSA) is 98.3 Å². The number of carbonyl (C=O) groups is 1. The molecule has 0 spiro atoms. The van der Waals surface area contributed by atoms with E-state index in [1.54, 1.807) is 30.3 Å². The Morgan fingerprint density at radius 3 is 2.72 bits per heavy atom. The molecule has 2 heterocycles. The molecule has 0 fully saturated rings. The number of carbonyl (C=O) groups excluding carboxylic acids is 1. The van der Waals surface area contributed by atoms with Gasteiger partial charge in [-0.05, 0) is 23.8 Å². The van der Waals surface area contributed by atoms with Gasteiger partial charge in [0.15, 0.2) is 11.5 Å². The Kier molecular flexibility index (Phi) is 5.08. The number of hydrogen-bond donors (Lipinski definition) is 1. The predicted molar refractivity (Wildman–Crippen MR) is 125 cm³/mol. The fourth-order valence-corrected chi connectivity index (χ4v) is 4.94. The van der Waals surface area contributed by atoms with Crippen LogP contribution in [0.2, 0.25) is 5.02 Å². The zero-order valence-electron chi connectivity index (χ0n) is 16.4. The molecule has 32 heavy (non-hydrogen) atoms. The summed E-state index contributed by atoms with van der Waals surface area (Å²) in [6.07, 6.45) is 0.563. The van der Waals surface area contributed by atoms with Crippen molar-refractivity contribution in [2.24, 2.45) is 0 Å². The first-order valence-corrected chi connectivity index (χ1v) is 10.8. The van der Waals surface area contributed by atoms with Crippen LogP contribution in [0, 0.1) is 10.1 Å². The van der Waals surface area contributed by atoms with Crippen molar-refractivity contribution in [1.29, 1.82) is 0 Å². The molecule has 1 N–H and O–H groups in total. The number of nitrogens with zero attached hydrogens (tertiary/aromatic N) is 2. The number of oxazole rings is 1. The third-order valence-electron chi connectivity index (χ3n) is 4.93. The Bertz CT molecular complexity index is 1490. The average Bonchev–Trinajstić information content (AvgIpc) is 3.34. The van der Waals surface area contributed by atoms with E-state index >= 15 is 0 Å². The van der Waals surface area contributed by atoms with Crippen molar-refractivity contribution in [2.45, 2.75) is 6.42 Å². The molecule has 9 heteroatoms. The predicted octanol–water partition coefficient (Wildman–Crippen LogP) is 6.45. The first kappa shape index (κ1) is 20.2. The van der Waals surface area contributed by atoms with Crippen LogP contribution in [0.5, 0.6) is 0 Å². The quantitative estimate of drug-likeness (QED) is 0.238. The first-order chi connectivity index (χ1) is 15.5. The smallest absolute Gasteiger partial charge is 0.287 e. The lowest BCUT2D eigenvalue weighted by molar-refractivity contribution is -0.382. The molecule has 5 rings (SSSR count). The molecule has 0 radical (unpaired) electrons. The summed E-state index contributed by atoms with van der Waals surface area (Å²) >= 11 is 7.37. The molecule has 0 saturated carbocycles. The fraction of sp³-hybridized carbons (Fsp3) is 0.0435. The number of nitro groups is 1. The van der Waals surface area contributed by atoms with Gasteiger partial charge in [0.1, 0.15) is 15.1 Å². The van der Waals surface area contributed by atoms with E-state index in [9.17, 15) is 14.9 Å². The van der Waals surface area contributed by atoms with E-state index < -0.39 is 10.8 Å². The molecule has 2 aromatic heterocycles. The van der Waals surface area contributed by atoms with Crippen molar-refractivity contribution >= 4 is 61.4 Å². The zero-order valence-corrected chi connectivity index (χ0v) is 17.9. The second kappa shape index (κ2) is 8.07. The van der Waals surface area contributed by atoms with Crippen LogP contribution in [0.1, 0.15) is 21.1 Å². The van der Waals surface area contributed by atoms with Crippen LogP contribution in [0.3, 0.4) is 0 Å². The zero-order chi connectivity index (χ0) is 22.2. The van der Waals surface area contributed by atoms with E-state index in [4.69, 9.17) is 16.0 Å². The number of non-ortho nitro benzene ring substituents is 1. The SMILES string of the molecule is O=C(Nc1ccc2oc(Cc3ccccc3)nc2c1)c1sc2c([N+](=O)[O-])cccc2c1Cl. The minimum absolute atomic E-state index is 0.0802. The second-order valence-electron chi connectivity index (χ2n) is 7.06. The molecule has 3 aromatic carbocycles. The van der Waals surface area contributed by atoms with Gasteiger partial charge in [0.2, 0.25) is 0 Å². The molecule has 5 aromatic rings. The molecule has 1 amide bonds. The lowest BCUT2D eigenvalue weighted by Crippen LogP contribution is -2.10. The van der Waals surface area contributed by atoms with E-state index in [1.165, 1.54) is 6.07 Å². The Balaban J connectivity index is 1.42. The molecule has 0 bridgehead atoms. The highest BCUT2D eigenvalue weighted by atomic mass is 35.5. The van der Waals surface area contributed by atoms with Gasteiger partial charge in [0.25, 0.3) is 11.6 Å². The van der Waals surface area contributed by atoms with Crippen LogP contribution in [0.25, 0.3) is 21.2 Å². The van der Waals surface area contributed by atoms with Crippen LogP contribution in [-0.2, 0) is 6.42 Å². The monoisotopic (exact) mass is 463 g/mol. The molecule has 0 aliphatic rings. The van der Waals surface area contributed by atoms with Gasteiger partial charge >= 0.3 is 0 Å². The standard InChI is InChI=1S/C23H14ClN3O4S/c24-20-15-7-4-8-17(27(29)30)21(15)32-22(20)23(28)25-14-9-10-18-16(12-14)26-19(31-18)11-13-5-2-1-3-6-13/h1-10,12H,11H2,(H,25,28). The van der Waals surface area contributed by atoms with Gasteiger partial charge in [0, 0.05) is 23.6 Å². The van der Waals surface area contributed by atoms with Crippen molar-refractivity contribution in [3.8, 4) is 0 Å². The Morgan fingerprint density at radius 1 is 1.12 bits per heavy atom. The number of amides is 1. The van der Waals surface area contributed by atoms with Crippen LogP contribution >= 0.6 is 22.9 Å². The summed E-state index contributed by atoms with van der Waals surface area (Å²) in [6.45, 7) is 0. The second-order valence-corrected chi connectivity index (χ2v) is 8.46. The van der Waals surface area contributed by atoms with Crippen molar-refractivity contribution in [2.75, 3.05) is 5.32 Å². The number of thiophene rings is 1. The van der Waals surface area contributed by atoms with Crippen molar-refractivity contribution in [3.63, 3.8) is 0 Å². The lowest BCUT2D eigenvalue weighted by atomic mass is 10.1. The number of anilines is 1. The Labute approximate surface area is 190 Å². The van der Waals surface area contributed by atoms with Gasteiger partial charge in [-0.25, -0.2) is 4.98 Å². The number of nitro benzene ring substituents is 1. The van der Waals surface area contributed by atoms with Gasteiger partial charge in [-0.15, -0.1) is 11.3 Å². The summed E-state index contributed by atoms with van der Waals surface area (Å²) in [4.78, 5) is 28.4. The molecule has 0 saturated heterocycles. The molecule has 0 aliphatic carbocycles. The van der Waals surface area contributed by atoms with Gasteiger partial charge in [-0.3, -0.25) is 14.9 Å². The Morgan fingerprint density at radius 2 is 1.94 bits per heavy atom. The summed E-state index contributed by atoms with van der Waals surface area (Å²) in [7, 11) is 0. The molecular weight excluding hydrogens is 450 g/mol. The van der Waals surface area contributed by atoms with E-state index in [1.807, 2.05) is 30.3 Å². The fourth-order valence-electron chi connectivity index (χ4n) is 3.45. The normalized spacial score (nSPS) is 11.2. The van der Waals surface area contributed by atoms with E-state index in [0.717, 1.165) is 16.9 Å². The molecule has 0 unspecified atom stereocenters.